The molecule has 0 radical (unpaired) electrons. The van der Waals surface area contributed by atoms with Crippen LogP contribution >= 0.6 is 7.92 Å². The highest BCUT2D eigenvalue weighted by molar-refractivity contribution is 7.74. The lowest BCUT2D eigenvalue weighted by atomic mass is 10.1. The van der Waals surface area contributed by atoms with E-state index in [4.69, 9.17) is 4.43 Å². The van der Waals surface area contributed by atoms with Crippen LogP contribution < -0.4 is 15.0 Å². The van der Waals surface area contributed by atoms with Gasteiger partial charge in [-0.05, 0) is 55.4 Å². The monoisotopic (exact) mass is 350 g/mol. The molecule has 122 valence electrons. The number of aryl methyl sites for hydroxylation is 1. The summed E-state index contributed by atoms with van der Waals surface area (Å²) in [6, 6.07) is 28.1. The van der Waals surface area contributed by atoms with E-state index in [0.717, 1.165) is 11.5 Å². The Morgan fingerprint density at radius 1 is 0.750 bits per heavy atom. The smallest absolute Gasteiger partial charge is 0.224 e. The zero-order chi connectivity index (χ0) is 16.8. The molecule has 0 aliphatic heterocycles. The molecule has 3 aromatic carbocycles. The molecule has 0 heterocycles. The molecule has 0 bridgehead atoms. The molecule has 0 amide bonds. The third kappa shape index (κ3) is 4.14. The van der Waals surface area contributed by atoms with Crippen LogP contribution in [-0.4, -0.2) is 15.5 Å². The first-order valence-corrected chi connectivity index (χ1v) is 11.4. The van der Waals surface area contributed by atoms with E-state index in [0.29, 0.717) is 0 Å². The van der Waals surface area contributed by atoms with Crippen molar-refractivity contribution in [3.8, 4) is 5.75 Å². The molecule has 3 rings (SSSR count). The van der Waals surface area contributed by atoms with Crippen molar-refractivity contribution in [1.29, 1.82) is 0 Å². The Kier molecular flexibility index (Phi) is 5.85. The largest absolute Gasteiger partial charge is 0.549 e. The van der Waals surface area contributed by atoms with E-state index in [-0.39, 0.29) is 7.92 Å². The van der Waals surface area contributed by atoms with E-state index >= 15 is 0 Å². The molecule has 0 unspecified atom stereocenters. The summed E-state index contributed by atoms with van der Waals surface area (Å²) >= 11 is 0. The highest BCUT2D eigenvalue weighted by Crippen LogP contribution is 2.32. The van der Waals surface area contributed by atoms with Gasteiger partial charge in [0, 0.05) is 0 Å². The molecule has 0 aromatic heterocycles. The standard InChI is InChI=1S/C21H23OPSi/c1-17-10-9-15-21(18(17)2)22-24-16-23(19-11-5-3-6-12-19)20-13-7-4-8-14-20/h3-15H,16,24H2,1-2H3. The molecule has 0 atom stereocenters. The van der Waals surface area contributed by atoms with Gasteiger partial charge in [0.1, 0.15) is 5.75 Å². The fourth-order valence-corrected chi connectivity index (χ4v) is 7.81. The summed E-state index contributed by atoms with van der Waals surface area (Å²) in [7, 11) is -0.958. The van der Waals surface area contributed by atoms with Crippen molar-refractivity contribution < 1.29 is 4.43 Å². The molecule has 24 heavy (non-hydrogen) atoms. The van der Waals surface area contributed by atoms with E-state index in [1.165, 1.54) is 21.7 Å². The van der Waals surface area contributed by atoms with Crippen molar-refractivity contribution in [2.45, 2.75) is 13.8 Å². The summed E-state index contributed by atoms with van der Waals surface area (Å²) in [5, 5.41) is 2.88. The van der Waals surface area contributed by atoms with Crippen LogP contribution in [0.5, 0.6) is 5.75 Å². The van der Waals surface area contributed by atoms with Crippen molar-refractivity contribution in [3.05, 3.63) is 90.0 Å². The van der Waals surface area contributed by atoms with Crippen LogP contribution in [0, 0.1) is 13.8 Å². The zero-order valence-electron chi connectivity index (χ0n) is 14.3. The second-order valence-electron chi connectivity index (χ2n) is 5.87. The van der Waals surface area contributed by atoms with Crippen molar-refractivity contribution in [2.75, 3.05) is 5.79 Å². The molecule has 1 nitrogen and oxygen atoms in total. The SMILES string of the molecule is Cc1cccc(O[SiH2]CP(c2ccccc2)c2ccccc2)c1C. The van der Waals surface area contributed by atoms with Gasteiger partial charge in [0.05, 0.1) is 0 Å². The summed E-state index contributed by atoms with van der Waals surface area (Å²) in [4.78, 5) is 0. The predicted octanol–water partition coefficient (Wildman–Crippen LogP) is 3.86. The number of hydrogen-bond acceptors (Lipinski definition) is 1. The maximum absolute atomic E-state index is 6.25. The molecule has 0 spiro atoms. The van der Waals surface area contributed by atoms with Crippen LogP contribution in [0.25, 0.3) is 0 Å². The molecule has 0 saturated heterocycles. The maximum atomic E-state index is 6.25. The Balaban J connectivity index is 1.74. The van der Waals surface area contributed by atoms with Crippen LogP contribution in [0.4, 0.5) is 0 Å². The van der Waals surface area contributed by atoms with E-state index in [9.17, 15) is 0 Å². The molecule has 0 N–H and O–H groups in total. The van der Waals surface area contributed by atoms with E-state index < -0.39 is 9.76 Å². The number of benzene rings is 3. The van der Waals surface area contributed by atoms with Gasteiger partial charge in [-0.15, -0.1) is 0 Å². The summed E-state index contributed by atoms with van der Waals surface area (Å²) in [5.41, 5.74) is 2.57. The normalized spacial score (nSPS) is 11.3. The van der Waals surface area contributed by atoms with Crippen molar-refractivity contribution >= 4 is 28.3 Å². The molecule has 0 aliphatic rings. The topological polar surface area (TPSA) is 9.23 Å². The van der Waals surface area contributed by atoms with Gasteiger partial charge in [0.25, 0.3) is 0 Å². The number of hydrogen-bond donors (Lipinski definition) is 0. The van der Waals surface area contributed by atoms with E-state index in [2.05, 4.69) is 92.7 Å². The highest BCUT2D eigenvalue weighted by Gasteiger charge is 2.14. The van der Waals surface area contributed by atoms with E-state index in [1.54, 1.807) is 0 Å². The zero-order valence-corrected chi connectivity index (χ0v) is 16.6. The first-order chi connectivity index (χ1) is 11.8. The molecule has 3 aromatic rings. The molecule has 0 saturated carbocycles. The van der Waals surface area contributed by atoms with Crippen molar-refractivity contribution in [2.24, 2.45) is 0 Å². The fourth-order valence-electron chi connectivity index (χ4n) is 2.75. The van der Waals surface area contributed by atoms with Crippen molar-refractivity contribution in [1.82, 2.24) is 0 Å². The average Bonchev–Trinajstić information content (AvgIpc) is 2.63. The first-order valence-electron chi connectivity index (χ1n) is 8.32. The molecule has 0 aliphatic carbocycles. The van der Waals surface area contributed by atoms with Gasteiger partial charge in [-0.3, -0.25) is 0 Å². The van der Waals surface area contributed by atoms with Gasteiger partial charge in [0.2, 0.25) is 9.76 Å². The van der Waals surface area contributed by atoms with Crippen molar-refractivity contribution in [3.63, 3.8) is 0 Å². The van der Waals surface area contributed by atoms with Gasteiger partial charge in [0.15, 0.2) is 0 Å². The van der Waals surface area contributed by atoms with Gasteiger partial charge in [-0.2, -0.15) is 0 Å². The van der Waals surface area contributed by atoms with Crippen LogP contribution in [0.15, 0.2) is 78.9 Å². The molecule has 3 heteroatoms. The highest BCUT2D eigenvalue weighted by atomic mass is 31.1. The summed E-state index contributed by atoms with van der Waals surface area (Å²) in [5.74, 6) is 2.23. The lowest BCUT2D eigenvalue weighted by Gasteiger charge is -2.19. The van der Waals surface area contributed by atoms with Crippen LogP contribution in [0.2, 0.25) is 0 Å². The fraction of sp³-hybridized carbons (Fsp3) is 0.143. The Morgan fingerprint density at radius 2 is 1.33 bits per heavy atom. The minimum atomic E-state index is -0.631. The number of rotatable bonds is 6. The molecule has 0 fully saturated rings. The van der Waals surface area contributed by atoms with Crippen LogP contribution in [-0.2, 0) is 0 Å². The Bertz CT molecular complexity index is 735. The third-order valence-corrected chi connectivity index (χ3v) is 9.14. The lowest BCUT2D eigenvalue weighted by molar-refractivity contribution is 0.592. The third-order valence-electron chi connectivity index (χ3n) is 4.26. The van der Waals surface area contributed by atoms with E-state index in [1.807, 2.05) is 0 Å². The lowest BCUT2D eigenvalue weighted by Crippen LogP contribution is -2.19. The predicted molar refractivity (Wildman–Crippen MR) is 109 cm³/mol. The summed E-state index contributed by atoms with van der Waals surface area (Å²) in [6.07, 6.45) is 0. The summed E-state index contributed by atoms with van der Waals surface area (Å²) in [6.45, 7) is 4.29. The first kappa shape index (κ1) is 16.9. The van der Waals surface area contributed by atoms with Crippen LogP contribution in [0.1, 0.15) is 11.1 Å². The van der Waals surface area contributed by atoms with Crippen LogP contribution in [0.3, 0.4) is 0 Å². The average molecular weight is 350 g/mol. The Labute approximate surface area is 148 Å². The minimum Gasteiger partial charge on any atom is -0.549 e. The minimum absolute atomic E-state index is 0.328. The molecular weight excluding hydrogens is 327 g/mol. The summed E-state index contributed by atoms with van der Waals surface area (Å²) < 4.78 is 6.25. The van der Waals surface area contributed by atoms with Gasteiger partial charge in [-0.25, -0.2) is 0 Å². The second kappa shape index (κ2) is 8.28. The maximum Gasteiger partial charge on any atom is 0.224 e. The van der Waals surface area contributed by atoms with Gasteiger partial charge < -0.3 is 4.43 Å². The Hall–Kier alpha value is -1.89. The Morgan fingerprint density at radius 3 is 1.92 bits per heavy atom. The van der Waals surface area contributed by atoms with Gasteiger partial charge >= 0.3 is 0 Å². The van der Waals surface area contributed by atoms with Gasteiger partial charge in [-0.1, -0.05) is 72.8 Å². The molecular formula is C21H23OPSi. The second-order valence-corrected chi connectivity index (χ2v) is 10.2. The quantitative estimate of drug-likeness (QED) is 0.485.